The SMILES string of the molecule is CC(=O)O[C@@H]1OC(=O)c2ccc3c(c21)C(=O)C=CC3(C)C. The average molecular weight is 286 g/mol. The van der Waals surface area contributed by atoms with Crippen LogP contribution in [0.15, 0.2) is 24.3 Å². The molecule has 5 heteroatoms. The summed E-state index contributed by atoms with van der Waals surface area (Å²) in [4.78, 5) is 35.3. The first-order valence-corrected chi connectivity index (χ1v) is 6.60. The van der Waals surface area contributed by atoms with E-state index < -0.39 is 18.2 Å². The monoisotopic (exact) mass is 286 g/mol. The lowest BCUT2D eigenvalue weighted by molar-refractivity contribution is -0.164. The standard InChI is InChI=1S/C16H14O5/c1-8(17)20-15-12-9(14(19)21-15)4-5-10-13(12)11(18)6-7-16(10,2)3/h4-7,15H,1-3H3/t15-/m1/s1. The Balaban J connectivity index is 2.25. The lowest BCUT2D eigenvalue weighted by Crippen LogP contribution is -2.25. The third kappa shape index (κ3) is 1.96. The van der Waals surface area contributed by atoms with E-state index in [-0.39, 0.29) is 16.8 Å². The Labute approximate surface area is 121 Å². The van der Waals surface area contributed by atoms with Gasteiger partial charge >= 0.3 is 11.9 Å². The van der Waals surface area contributed by atoms with E-state index >= 15 is 0 Å². The first-order chi connectivity index (χ1) is 9.81. The van der Waals surface area contributed by atoms with E-state index in [2.05, 4.69) is 0 Å². The lowest BCUT2D eigenvalue weighted by atomic mass is 9.74. The number of benzene rings is 1. The van der Waals surface area contributed by atoms with Crippen molar-refractivity contribution in [1.29, 1.82) is 0 Å². The van der Waals surface area contributed by atoms with E-state index in [0.717, 1.165) is 5.56 Å². The largest absolute Gasteiger partial charge is 0.421 e. The summed E-state index contributed by atoms with van der Waals surface area (Å²) in [5, 5.41) is 0. The summed E-state index contributed by atoms with van der Waals surface area (Å²) in [6, 6.07) is 3.38. The van der Waals surface area contributed by atoms with Crippen LogP contribution in [-0.2, 0) is 19.7 Å². The maximum absolute atomic E-state index is 12.3. The number of ether oxygens (including phenoxy) is 2. The van der Waals surface area contributed by atoms with Gasteiger partial charge in [0.2, 0.25) is 0 Å². The molecule has 0 radical (unpaired) electrons. The second-order valence-corrected chi connectivity index (χ2v) is 5.72. The molecule has 3 rings (SSSR count). The van der Waals surface area contributed by atoms with Gasteiger partial charge in [0.05, 0.1) is 11.1 Å². The molecule has 1 heterocycles. The molecule has 2 aliphatic rings. The van der Waals surface area contributed by atoms with E-state index in [1.807, 2.05) is 19.9 Å². The zero-order valence-electron chi connectivity index (χ0n) is 11.9. The molecule has 0 fully saturated rings. The zero-order chi connectivity index (χ0) is 15.4. The second kappa shape index (κ2) is 4.28. The van der Waals surface area contributed by atoms with Gasteiger partial charge in [0.15, 0.2) is 5.78 Å². The third-order valence-electron chi connectivity index (χ3n) is 3.78. The highest BCUT2D eigenvalue weighted by Crippen LogP contribution is 2.41. The molecule has 0 amide bonds. The van der Waals surface area contributed by atoms with Gasteiger partial charge < -0.3 is 9.47 Å². The molecule has 0 bridgehead atoms. The minimum absolute atomic E-state index is 0.211. The Morgan fingerprint density at radius 2 is 2.00 bits per heavy atom. The van der Waals surface area contributed by atoms with Crippen LogP contribution in [0.3, 0.4) is 0 Å². The van der Waals surface area contributed by atoms with Crippen LogP contribution < -0.4 is 0 Å². The number of esters is 2. The normalized spacial score (nSPS) is 21.6. The van der Waals surface area contributed by atoms with E-state index in [0.29, 0.717) is 11.1 Å². The van der Waals surface area contributed by atoms with Gasteiger partial charge in [-0.05, 0) is 17.7 Å². The van der Waals surface area contributed by atoms with Crippen molar-refractivity contribution < 1.29 is 23.9 Å². The molecule has 0 saturated carbocycles. The van der Waals surface area contributed by atoms with Gasteiger partial charge in [0, 0.05) is 17.9 Å². The number of cyclic esters (lactones) is 1. The number of carbonyl (C=O) groups is 3. The summed E-state index contributed by atoms with van der Waals surface area (Å²) in [5.74, 6) is -1.37. The molecule has 0 N–H and O–H groups in total. The number of hydrogen-bond donors (Lipinski definition) is 0. The zero-order valence-corrected chi connectivity index (χ0v) is 11.9. The molecule has 0 spiro atoms. The molecule has 1 aliphatic heterocycles. The molecule has 0 unspecified atom stereocenters. The molecule has 0 aromatic heterocycles. The summed E-state index contributed by atoms with van der Waals surface area (Å²) >= 11 is 0. The molecule has 108 valence electrons. The lowest BCUT2D eigenvalue weighted by Gasteiger charge is -2.28. The van der Waals surface area contributed by atoms with Gasteiger partial charge in [-0.1, -0.05) is 26.0 Å². The van der Waals surface area contributed by atoms with Gasteiger partial charge in [-0.2, -0.15) is 0 Å². The first kappa shape index (κ1) is 13.5. The molecule has 1 aromatic rings. The summed E-state index contributed by atoms with van der Waals surface area (Å²) in [6.45, 7) is 5.17. The molecule has 21 heavy (non-hydrogen) atoms. The smallest absolute Gasteiger partial charge is 0.342 e. The van der Waals surface area contributed by atoms with Crippen molar-refractivity contribution in [3.05, 3.63) is 46.5 Å². The van der Waals surface area contributed by atoms with E-state index in [1.165, 1.54) is 13.0 Å². The minimum Gasteiger partial charge on any atom is -0.421 e. The molecule has 1 aromatic carbocycles. The highest BCUT2D eigenvalue weighted by atomic mass is 16.7. The fraction of sp³-hybridized carbons (Fsp3) is 0.312. The number of ketones is 1. The summed E-state index contributed by atoms with van der Waals surface area (Å²) in [7, 11) is 0. The average Bonchev–Trinajstić information content (AvgIpc) is 2.70. The Bertz CT molecular complexity index is 710. The molecule has 5 nitrogen and oxygen atoms in total. The van der Waals surface area contributed by atoms with Gasteiger partial charge in [0.1, 0.15) is 0 Å². The van der Waals surface area contributed by atoms with Gasteiger partial charge in [-0.3, -0.25) is 9.59 Å². The maximum atomic E-state index is 12.3. The van der Waals surface area contributed by atoms with Crippen molar-refractivity contribution in [3.63, 3.8) is 0 Å². The summed E-state index contributed by atoms with van der Waals surface area (Å²) in [6.07, 6.45) is 2.16. The van der Waals surface area contributed by atoms with Crippen LogP contribution in [0.5, 0.6) is 0 Å². The predicted octanol–water partition coefficient (Wildman–Crippen LogP) is 2.45. The summed E-state index contributed by atoms with van der Waals surface area (Å²) < 4.78 is 10.1. The highest BCUT2D eigenvalue weighted by Gasteiger charge is 2.41. The van der Waals surface area contributed by atoms with Crippen molar-refractivity contribution >= 4 is 17.7 Å². The fourth-order valence-corrected chi connectivity index (χ4v) is 2.76. The van der Waals surface area contributed by atoms with Gasteiger partial charge in [-0.15, -0.1) is 0 Å². The Hall–Kier alpha value is -2.43. The highest BCUT2D eigenvalue weighted by molar-refractivity contribution is 6.11. The number of hydrogen-bond acceptors (Lipinski definition) is 5. The Morgan fingerprint density at radius 1 is 1.29 bits per heavy atom. The number of carbonyl (C=O) groups excluding carboxylic acids is 3. The first-order valence-electron chi connectivity index (χ1n) is 6.60. The predicted molar refractivity (Wildman–Crippen MR) is 72.9 cm³/mol. The van der Waals surface area contributed by atoms with Crippen molar-refractivity contribution in [1.82, 2.24) is 0 Å². The van der Waals surface area contributed by atoms with Crippen LogP contribution in [-0.4, -0.2) is 17.7 Å². The second-order valence-electron chi connectivity index (χ2n) is 5.72. The number of fused-ring (bicyclic) bond motifs is 3. The number of rotatable bonds is 1. The van der Waals surface area contributed by atoms with Crippen molar-refractivity contribution in [3.8, 4) is 0 Å². The molecule has 1 aliphatic carbocycles. The summed E-state index contributed by atoms with van der Waals surface area (Å²) in [5.41, 5.74) is 1.49. The van der Waals surface area contributed by atoms with Crippen molar-refractivity contribution in [2.75, 3.05) is 0 Å². The Kier molecular flexibility index (Phi) is 2.76. The van der Waals surface area contributed by atoms with Crippen LogP contribution in [0.2, 0.25) is 0 Å². The van der Waals surface area contributed by atoms with Gasteiger partial charge in [0.25, 0.3) is 6.29 Å². The van der Waals surface area contributed by atoms with Crippen LogP contribution in [0.25, 0.3) is 0 Å². The van der Waals surface area contributed by atoms with Crippen molar-refractivity contribution in [2.24, 2.45) is 0 Å². The van der Waals surface area contributed by atoms with E-state index in [4.69, 9.17) is 9.47 Å². The maximum Gasteiger partial charge on any atom is 0.342 e. The van der Waals surface area contributed by atoms with Crippen LogP contribution in [0, 0.1) is 0 Å². The fourth-order valence-electron chi connectivity index (χ4n) is 2.76. The third-order valence-corrected chi connectivity index (χ3v) is 3.78. The molecule has 0 saturated heterocycles. The number of allylic oxidation sites excluding steroid dienone is 2. The molecule has 1 atom stereocenters. The van der Waals surface area contributed by atoms with E-state index in [1.54, 1.807) is 12.1 Å². The molecular weight excluding hydrogens is 272 g/mol. The topological polar surface area (TPSA) is 69.7 Å². The van der Waals surface area contributed by atoms with Gasteiger partial charge in [-0.25, -0.2) is 4.79 Å². The van der Waals surface area contributed by atoms with Crippen LogP contribution in [0.4, 0.5) is 0 Å². The van der Waals surface area contributed by atoms with Crippen molar-refractivity contribution in [2.45, 2.75) is 32.5 Å². The Morgan fingerprint density at radius 3 is 2.67 bits per heavy atom. The quantitative estimate of drug-likeness (QED) is 0.742. The van der Waals surface area contributed by atoms with Crippen LogP contribution in [0.1, 0.15) is 58.9 Å². The minimum atomic E-state index is -1.15. The van der Waals surface area contributed by atoms with Crippen LogP contribution >= 0.6 is 0 Å². The molecular formula is C16H14O5. The van der Waals surface area contributed by atoms with E-state index in [9.17, 15) is 14.4 Å².